The maximum atomic E-state index is 12.6. The van der Waals surface area contributed by atoms with Crippen molar-refractivity contribution >= 4 is 6.04 Å². The molecule has 0 aliphatic carbocycles. The summed E-state index contributed by atoms with van der Waals surface area (Å²) in [5, 5.41) is 0. The van der Waals surface area contributed by atoms with E-state index in [0.717, 1.165) is 0 Å². The first-order chi connectivity index (χ1) is 10.6. The molecule has 0 unspecified atom stereocenters. The molecule has 0 amide bonds. The third-order valence-corrected chi connectivity index (χ3v) is 1.66. The Hall–Kier alpha value is -1.43. The monoisotopic (exact) mass is 414 g/mol. The van der Waals surface area contributed by atoms with Gasteiger partial charge in [0.05, 0.1) is 0 Å². The second-order valence-corrected chi connectivity index (χ2v) is 3.61. The lowest BCUT2D eigenvalue weighted by molar-refractivity contribution is -0.562. The fourth-order valence-electron chi connectivity index (χ4n) is 0.745. The van der Waals surface area contributed by atoms with E-state index in [9.17, 15) is 66.3 Å². The van der Waals surface area contributed by atoms with Crippen molar-refractivity contribution in [3.8, 4) is 0 Å². The van der Waals surface area contributed by atoms with Crippen LogP contribution in [0.3, 0.4) is 0 Å². The van der Waals surface area contributed by atoms with Crippen molar-refractivity contribution in [3.63, 3.8) is 0 Å². The molecule has 0 saturated carbocycles. The maximum absolute atomic E-state index is 12.6. The highest BCUT2D eigenvalue weighted by Gasteiger charge is 2.74. The van der Waals surface area contributed by atoms with E-state index >= 15 is 0 Å². The Morgan fingerprint density at radius 3 is 1.08 bits per heavy atom. The van der Waals surface area contributed by atoms with Gasteiger partial charge in [-0.05, 0) is 0 Å². The standard InChI is InChI=1S/C7F14O4/c8-1(22)2(9,10)23-3(11,12)4(13,14)24-5(15,16)6(17,18)25-7(19,20)21. The molecule has 0 fully saturated rings. The van der Waals surface area contributed by atoms with Crippen LogP contribution in [0.4, 0.5) is 61.5 Å². The number of alkyl halides is 13. The normalized spacial score (nSPS) is 15.4. The lowest BCUT2D eigenvalue weighted by Gasteiger charge is -2.32. The summed E-state index contributed by atoms with van der Waals surface area (Å²) >= 11 is 0. The van der Waals surface area contributed by atoms with Crippen molar-refractivity contribution in [2.45, 2.75) is 36.9 Å². The molecule has 0 aromatic carbocycles. The zero-order valence-electron chi connectivity index (χ0n) is 10.4. The molecule has 0 radical (unpaired) electrons. The van der Waals surface area contributed by atoms with E-state index in [1.165, 1.54) is 9.47 Å². The van der Waals surface area contributed by atoms with Crippen molar-refractivity contribution in [3.05, 3.63) is 0 Å². The van der Waals surface area contributed by atoms with Crippen LogP contribution in [-0.2, 0) is 19.0 Å². The van der Waals surface area contributed by atoms with Crippen molar-refractivity contribution in [2.75, 3.05) is 0 Å². The Kier molecular flexibility index (Phi) is 6.02. The summed E-state index contributed by atoms with van der Waals surface area (Å²) in [5.41, 5.74) is 0. The number of carbonyl (C=O) groups excluding carboxylic acids is 1. The van der Waals surface area contributed by atoms with Crippen LogP contribution in [0.15, 0.2) is 0 Å². The van der Waals surface area contributed by atoms with Gasteiger partial charge in [-0.3, -0.25) is 4.79 Å². The lowest BCUT2D eigenvalue weighted by atomic mass is 10.5. The van der Waals surface area contributed by atoms with Gasteiger partial charge in [0.25, 0.3) is 0 Å². The zero-order valence-corrected chi connectivity index (χ0v) is 10.4. The fraction of sp³-hybridized carbons (Fsp3) is 0.857. The van der Waals surface area contributed by atoms with E-state index in [4.69, 9.17) is 0 Å². The van der Waals surface area contributed by atoms with E-state index in [1.807, 2.05) is 0 Å². The van der Waals surface area contributed by atoms with Gasteiger partial charge in [-0.25, -0.2) is 14.2 Å². The Bertz CT molecular complexity index is 496. The van der Waals surface area contributed by atoms with Crippen molar-refractivity contribution in [2.24, 2.45) is 0 Å². The molecule has 0 heterocycles. The van der Waals surface area contributed by atoms with Gasteiger partial charge >= 0.3 is 42.9 Å². The fourth-order valence-corrected chi connectivity index (χ4v) is 0.745. The Morgan fingerprint density at radius 1 is 0.520 bits per heavy atom. The minimum absolute atomic E-state index is 1.40. The summed E-state index contributed by atoms with van der Waals surface area (Å²) in [6.45, 7) is 0. The molecule has 0 spiro atoms. The molecule has 0 aromatic rings. The molecule has 0 aromatic heterocycles. The first-order valence-corrected chi connectivity index (χ1v) is 4.82. The zero-order chi connectivity index (χ0) is 20.7. The smallest absolute Gasteiger partial charge is 0.251 e. The molecule has 0 N–H and O–H groups in total. The van der Waals surface area contributed by atoms with Crippen LogP contribution < -0.4 is 0 Å². The second kappa shape index (κ2) is 6.38. The van der Waals surface area contributed by atoms with Gasteiger partial charge in [-0.2, -0.15) is 48.3 Å². The molecular weight excluding hydrogens is 414 g/mol. The predicted molar refractivity (Wildman–Crippen MR) is 40.2 cm³/mol. The van der Waals surface area contributed by atoms with Gasteiger partial charge in [0.1, 0.15) is 0 Å². The van der Waals surface area contributed by atoms with Crippen LogP contribution in [0.1, 0.15) is 0 Å². The molecular formula is C7F14O4. The van der Waals surface area contributed by atoms with Gasteiger partial charge in [0.15, 0.2) is 0 Å². The van der Waals surface area contributed by atoms with Crippen LogP contribution >= 0.6 is 0 Å². The van der Waals surface area contributed by atoms with E-state index < -0.39 is 42.9 Å². The van der Waals surface area contributed by atoms with E-state index in [2.05, 4.69) is 0 Å². The van der Waals surface area contributed by atoms with Gasteiger partial charge < -0.3 is 0 Å². The molecule has 0 saturated heterocycles. The number of hydrogen-bond donors (Lipinski definition) is 0. The van der Waals surface area contributed by atoms with E-state index in [1.54, 1.807) is 4.74 Å². The van der Waals surface area contributed by atoms with Crippen LogP contribution in [0.5, 0.6) is 0 Å². The largest absolute Gasteiger partial charge is 0.527 e. The minimum Gasteiger partial charge on any atom is -0.251 e. The number of hydrogen-bond acceptors (Lipinski definition) is 4. The van der Waals surface area contributed by atoms with Gasteiger partial charge in [0.2, 0.25) is 0 Å². The van der Waals surface area contributed by atoms with Gasteiger partial charge in [-0.1, -0.05) is 0 Å². The van der Waals surface area contributed by atoms with Gasteiger partial charge in [0, 0.05) is 0 Å². The number of ether oxygens (including phenoxy) is 3. The number of rotatable bonds is 8. The van der Waals surface area contributed by atoms with Crippen molar-refractivity contribution in [1.82, 2.24) is 0 Å². The molecule has 4 nitrogen and oxygen atoms in total. The SMILES string of the molecule is O=C(F)C(F)(F)OC(F)(F)C(F)(F)OC(F)(F)C(F)(F)OC(F)(F)F. The average Bonchev–Trinajstić information content (AvgIpc) is 2.21. The van der Waals surface area contributed by atoms with Crippen LogP contribution in [0.2, 0.25) is 0 Å². The van der Waals surface area contributed by atoms with Crippen LogP contribution in [0.25, 0.3) is 0 Å². The van der Waals surface area contributed by atoms with Crippen LogP contribution in [-0.4, -0.2) is 42.9 Å². The summed E-state index contributed by atoms with van der Waals surface area (Å²) in [7, 11) is 0. The average molecular weight is 414 g/mol. The van der Waals surface area contributed by atoms with E-state index in [0.29, 0.717) is 0 Å². The molecule has 0 aliphatic heterocycles. The number of carbonyl (C=O) groups is 1. The highest BCUT2D eigenvalue weighted by atomic mass is 19.4. The highest BCUT2D eigenvalue weighted by molar-refractivity contribution is 5.74. The summed E-state index contributed by atoms with van der Waals surface area (Å²) < 4.78 is 175. The molecule has 0 bridgehead atoms. The Labute approximate surface area is 125 Å². The number of halogens is 14. The minimum atomic E-state index is -7.23. The lowest BCUT2D eigenvalue weighted by Crippen LogP contribution is -2.57. The summed E-state index contributed by atoms with van der Waals surface area (Å²) in [6, 6.07) is -4.14. The van der Waals surface area contributed by atoms with E-state index in [-0.39, 0.29) is 0 Å². The first-order valence-electron chi connectivity index (χ1n) is 4.82. The third kappa shape index (κ3) is 5.80. The molecule has 0 atom stereocenters. The Balaban J connectivity index is 5.55. The molecule has 18 heteroatoms. The molecule has 0 rings (SSSR count). The maximum Gasteiger partial charge on any atom is 0.527 e. The topological polar surface area (TPSA) is 44.8 Å². The third-order valence-electron chi connectivity index (χ3n) is 1.66. The highest BCUT2D eigenvalue weighted by Crippen LogP contribution is 2.48. The second-order valence-electron chi connectivity index (χ2n) is 3.61. The Morgan fingerprint density at radius 2 is 0.800 bits per heavy atom. The summed E-state index contributed by atoms with van der Waals surface area (Å²) in [6.07, 6.45) is -41.6. The quantitative estimate of drug-likeness (QED) is 0.445. The molecule has 150 valence electrons. The van der Waals surface area contributed by atoms with Crippen molar-refractivity contribution < 1.29 is 80.5 Å². The predicted octanol–water partition coefficient (Wildman–Crippen LogP) is 4.02. The summed E-state index contributed by atoms with van der Waals surface area (Å²) in [4.78, 5) is 9.50. The first kappa shape index (κ1) is 23.6. The molecule has 25 heavy (non-hydrogen) atoms. The van der Waals surface area contributed by atoms with Crippen LogP contribution in [0, 0.1) is 0 Å². The van der Waals surface area contributed by atoms with Gasteiger partial charge in [-0.15, -0.1) is 13.2 Å². The van der Waals surface area contributed by atoms with Crippen molar-refractivity contribution in [1.29, 1.82) is 0 Å². The summed E-state index contributed by atoms with van der Waals surface area (Å²) in [5.74, 6) is 0. The molecule has 0 aliphatic rings.